The fourth-order valence-corrected chi connectivity index (χ4v) is 1.51. The Balaban J connectivity index is 2.37. The Morgan fingerprint density at radius 1 is 1.53 bits per heavy atom. The quantitative estimate of drug-likeness (QED) is 0.583. The van der Waals surface area contributed by atoms with Crippen LogP contribution in [0.5, 0.6) is 0 Å². The van der Waals surface area contributed by atoms with Crippen molar-refractivity contribution in [2.75, 3.05) is 6.61 Å². The Hall–Kier alpha value is -1.30. The molecule has 0 aromatic heterocycles. The standard InChI is InChI=1S/C9H17N3O3/c1-5(11-9(10)14)8(13)12-7-3-4-15-6(7)2/h5-7H,3-4H2,1-2H3,(H,12,13)(H3,10,11,14). The molecule has 4 N–H and O–H groups in total. The van der Waals surface area contributed by atoms with Crippen LogP contribution in [0.25, 0.3) is 0 Å². The van der Waals surface area contributed by atoms with E-state index in [1.165, 1.54) is 0 Å². The normalized spacial score (nSPS) is 27.1. The molecule has 1 heterocycles. The second-order valence-corrected chi connectivity index (χ2v) is 3.71. The zero-order valence-corrected chi connectivity index (χ0v) is 8.95. The van der Waals surface area contributed by atoms with Crippen LogP contribution in [-0.2, 0) is 9.53 Å². The van der Waals surface area contributed by atoms with Crippen LogP contribution in [-0.4, -0.2) is 36.7 Å². The highest BCUT2D eigenvalue weighted by atomic mass is 16.5. The molecule has 3 amide bonds. The van der Waals surface area contributed by atoms with Gasteiger partial charge in [-0.3, -0.25) is 4.79 Å². The Kier molecular flexibility index (Phi) is 3.90. The number of urea groups is 1. The van der Waals surface area contributed by atoms with Gasteiger partial charge >= 0.3 is 6.03 Å². The minimum absolute atomic E-state index is 0.0228. The molecule has 15 heavy (non-hydrogen) atoms. The second-order valence-electron chi connectivity index (χ2n) is 3.71. The molecule has 0 saturated carbocycles. The largest absolute Gasteiger partial charge is 0.376 e. The van der Waals surface area contributed by atoms with Gasteiger partial charge in [-0.25, -0.2) is 4.79 Å². The number of amides is 3. The summed E-state index contributed by atoms with van der Waals surface area (Å²) >= 11 is 0. The molecule has 0 aliphatic carbocycles. The van der Waals surface area contributed by atoms with E-state index in [0.717, 1.165) is 6.42 Å². The lowest BCUT2D eigenvalue weighted by Crippen LogP contribution is -2.50. The van der Waals surface area contributed by atoms with Gasteiger partial charge in [-0.05, 0) is 20.3 Å². The van der Waals surface area contributed by atoms with Crippen molar-refractivity contribution in [3.8, 4) is 0 Å². The van der Waals surface area contributed by atoms with E-state index < -0.39 is 12.1 Å². The molecule has 3 atom stereocenters. The number of rotatable bonds is 3. The first-order chi connectivity index (χ1) is 7.00. The molecule has 1 aliphatic heterocycles. The maximum atomic E-state index is 11.5. The summed E-state index contributed by atoms with van der Waals surface area (Å²) in [5.74, 6) is -0.240. The number of nitrogens with two attached hydrogens (primary N) is 1. The maximum absolute atomic E-state index is 11.5. The van der Waals surface area contributed by atoms with Crippen molar-refractivity contribution in [1.29, 1.82) is 0 Å². The number of carbonyl (C=O) groups excluding carboxylic acids is 2. The summed E-state index contributed by atoms with van der Waals surface area (Å²) in [5.41, 5.74) is 4.91. The van der Waals surface area contributed by atoms with E-state index in [2.05, 4.69) is 10.6 Å². The Labute approximate surface area is 88.5 Å². The molecule has 1 saturated heterocycles. The van der Waals surface area contributed by atoms with Gasteiger partial charge in [-0.1, -0.05) is 0 Å². The van der Waals surface area contributed by atoms with Gasteiger partial charge < -0.3 is 21.1 Å². The molecular weight excluding hydrogens is 198 g/mol. The van der Waals surface area contributed by atoms with Crippen molar-refractivity contribution in [1.82, 2.24) is 10.6 Å². The van der Waals surface area contributed by atoms with Crippen LogP contribution in [0, 0.1) is 0 Å². The van der Waals surface area contributed by atoms with Gasteiger partial charge in [0.1, 0.15) is 6.04 Å². The molecular formula is C9H17N3O3. The van der Waals surface area contributed by atoms with E-state index in [-0.39, 0.29) is 18.1 Å². The summed E-state index contributed by atoms with van der Waals surface area (Å²) < 4.78 is 5.30. The van der Waals surface area contributed by atoms with Crippen molar-refractivity contribution in [3.63, 3.8) is 0 Å². The predicted molar refractivity (Wildman–Crippen MR) is 54.1 cm³/mol. The predicted octanol–water partition coefficient (Wildman–Crippen LogP) is -0.663. The number of primary amides is 1. The minimum Gasteiger partial charge on any atom is -0.376 e. The molecule has 6 nitrogen and oxygen atoms in total. The van der Waals surface area contributed by atoms with Crippen molar-refractivity contribution >= 4 is 11.9 Å². The zero-order valence-electron chi connectivity index (χ0n) is 8.95. The molecule has 3 unspecified atom stereocenters. The van der Waals surface area contributed by atoms with Crippen LogP contribution in [0.2, 0.25) is 0 Å². The first kappa shape index (κ1) is 11.8. The molecule has 0 radical (unpaired) electrons. The first-order valence-electron chi connectivity index (χ1n) is 4.98. The Morgan fingerprint density at radius 2 is 2.20 bits per heavy atom. The third-order valence-electron chi connectivity index (χ3n) is 2.46. The molecule has 0 spiro atoms. The van der Waals surface area contributed by atoms with Crippen molar-refractivity contribution < 1.29 is 14.3 Å². The molecule has 1 aliphatic rings. The third kappa shape index (κ3) is 3.39. The number of carbonyl (C=O) groups is 2. The molecule has 0 aromatic carbocycles. The Morgan fingerprint density at radius 3 is 2.67 bits per heavy atom. The highest BCUT2D eigenvalue weighted by Gasteiger charge is 2.27. The van der Waals surface area contributed by atoms with E-state index >= 15 is 0 Å². The van der Waals surface area contributed by atoms with Gasteiger partial charge in [0.15, 0.2) is 0 Å². The van der Waals surface area contributed by atoms with E-state index in [4.69, 9.17) is 10.5 Å². The van der Waals surface area contributed by atoms with Crippen LogP contribution in [0.15, 0.2) is 0 Å². The lowest BCUT2D eigenvalue weighted by molar-refractivity contribution is -0.123. The van der Waals surface area contributed by atoms with E-state index in [9.17, 15) is 9.59 Å². The van der Waals surface area contributed by atoms with Crippen LogP contribution >= 0.6 is 0 Å². The minimum atomic E-state index is -0.701. The topological polar surface area (TPSA) is 93.5 Å². The van der Waals surface area contributed by atoms with Gasteiger partial charge in [-0.2, -0.15) is 0 Å². The fourth-order valence-electron chi connectivity index (χ4n) is 1.51. The lowest BCUT2D eigenvalue weighted by Gasteiger charge is -2.19. The van der Waals surface area contributed by atoms with Crippen LogP contribution < -0.4 is 16.4 Å². The van der Waals surface area contributed by atoms with Crippen molar-refractivity contribution in [2.45, 2.75) is 38.5 Å². The summed E-state index contributed by atoms with van der Waals surface area (Å²) in [7, 11) is 0. The molecule has 0 aromatic rings. The smallest absolute Gasteiger partial charge is 0.312 e. The SMILES string of the molecule is CC(NC(N)=O)C(=O)NC1CCOC1C. The summed E-state index contributed by atoms with van der Waals surface area (Å²) in [6.45, 7) is 4.15. The Bertz CT molecular complexity index is 257. The van der Waals surface area contributed by atoms with E-state index in [1.807, 2.05) is 6.92 Å². The molecule has 1 fully saturated rings. The summed E-state index contributed by atoms with van der Waals surface area (Å²) in [4.78, 5) is 22.1. The fraction of sp³-hybridized carbons (Fsp3) is 0.778. The average molecular weight is 215 g/mol. The summed E-state index contributed by atoms with van der Waals surface area (Å²) in [6.07, 6.45) is 0.825. The average Bonchev–Trinajstić information content (AvgIpc) is 2.50. The lowest BCUT2D eigenvalue weighted by atomic mass is 10.1. The van der Waals surface area contributed by atoms with E-state index in [1.54, 1.807) is 6.92 Å². The number of nitrogens with one attached hydrogen (secondary N) is 2. The molecule has 6 heteroatoms. The first-order valence-corrected chi connectivity index (χ1v) is 4.98. The van der Waals surface area contributed by atoms with Crippen molar-refractivity contribution in [2.24, 2.45) is 5.73 Å². The van der Waals surface area contributed by atoms with Gasteiger partial charge in [0, 0.05) is 6.61 Å². The highest BCUT2D eigenvalue weighted by molar-refractivity contribution is 5.86. The van der Waals surface area contributed by atoms with Gasteiger partial charge in [0.05, 0.1) is 12.1 Å². The summed E-state index contributed by atoms with van der Waals surface area (Å²) in [6, 6.07) is -1.29. The molecule has 0 bridgehead atoms. The van der Waals surface area contributed by atoms with Crippen LogP contribution in [0.1, 0.15) is 20.3 Å². The van der Waals surface area contributed by atoms with Crippen molar-refractivity contribution in [3.05, 3.63) is 0 Å². The monoisotopic (exact) mass is 215 g/mol. The van der Waals surface area contributed by atoms with Gasteiger partial charge in [0.25, 0.3) is 0 Å². The van der Waals surface area contributed by atoms with Gasteiger partial charge in [-0.15, -0.1) is 0 Å². The van der Waals surface area contributed by atoms with Gasteiger partial charge in [0.2, 0.25) is 5.91 Å². The number of ether oxygens (including phenoxy) is 1. The number of hydrogen-bond donors (Lipinski definition) is 3. The second kappa shape index (κ2) is 4.97. The molecule has 1 rings (SSSR count). The third-order valence-corrected chi connectivity index (χ3v) is 2.46. The maximum Gasteiger partial charge on any atom is 0.312 e. The summed E-state index contributed by atoms with van der Waals surface area (Å²) in [5, 5.41) is 5.12. The van der Waals surface area contributed by atoms with Crippen LogP contribution in [0.3, 0.4) is 0 Å². The molecule has 86 valence electrons. The van der Waals surface area contributed by atoms with E-state index in [0.29, 0.717) is 6.61 Å². The van der Waals surface area contributed by atoms with Crippen LogP contribution in [0.4, 0.5) is 4.79 Å². The zero-order chi connectivity index (χ0) is 11.4. The highest BCUT2D eigenvalue weighted by Crippen LogP contribution is 2.12. The number of hydrogen-bond acceptors (Lipinski definition) is 3.